The van der Waals surface area contributed by atoms with Crippen LogP contribution in [-0.2, 0) is 9.53 Å². The number of piperazine rings is 1. The summed E-state index contributed by atoms with van der Waals surface area (Å²) in [6.45, 7) is 9.13. The molecule has 0 bridgehead atoms. The molecule has 1 aliphatic heterocycles. The zero-order chi connectivity index (χ0) is 12.3. The molecule has 0 aromatic carbocycles. The van der Waals surface area contributed by atoms with Crippen molar-refractivity contribution in [3.05, 3.63) is 0 Å². The molecule has 0 unspecified atom stereocenters. The number of carbonyl (C=O) groups is 2. The summed E-state index contributed by atoms with van der Waals surface area (Å²) in [7, 11) is 0. The third-order valence-electron chi connectivity index (χ3n) is 2.44. The van der Waals surface area contributed by atoms with Gasteiger partial charge in [0.25, 0.3) is 0 Å². The maximum atomic E-state index is 11.8. The molecule has 0 spiro atoms. The van der Waals surface area contributed by atoms with Crippen LogP contribution in [0.3, 0.4) is 0 Å². The first kappa shape index (κ1) is 12.8. The van der Waals surface area contributed by atoms with Crippen molar-refractivity contribution in [2.75, 3.05) is 19.6 Å². The molecule has 0 aromatic heterocycles. The Kier molecular flexibility index (Phi) is 3.78. The number of carbonyl (C=O) groups excluding carboxylic acids is 2. The predicted molar refractivity (Wildman–Crippen MR) is 60.0 cm³/mol. The molecule has 16 heavy (non-hydrogen) atoms. The lowest BCUT2D eigenvalue weighted by molar-refractivity contribution is -0.120. The first-order chi connectivity index (χ1) is 7.33. The van der Waals surface area contributed by atoms with Crippen LogP contribution in [0.25, 0.3) is 0 Å². The van der Waals surface area contributed by atoms with Crippen LogP contribution >= 0.6 is 0 Å². The van der Waals surface area contributed by atoms with Crippen molar-refractivity contribution in [2.24, 2.45) is 0 Å². The Balaban J connectivity index is 2.55. The monoisotopic (exact) mass is 228 g/mol. The molecule has 1 fully saturated rings. The minimum absolute atomic E-state index is 0.00815. The SMILES string of the molecule is C[C@H]1CN(C=O)CCN1C(=O)OC(C)(C)C. The van der Waals surface area contributed by atoms with Crippen LogP contribution in [0.15, 0.2) is 0 Å². The summed E-state index contributed by atoms with van der Waals surface area (Å²) < 4.78 is 5.30. The van der Waals surface area contributed by atoms with Gasteiger partial charge in [0, 0.05) is 25.7 Å². The molecule has 1 rings (SSSR count). The van der Waals surface area contributed by atoms with Gasteiger partial charge < -0.3 is 14.5 Å². The minimum Gasteiger partial charge on any atom is -0.444 e. The van der Waals surface area contributed by atoms with Crippen molar-refractivity contribution >= 4 is 12.5 Å². The van der Waals surface area contributed by atoms with Gasteiger partial charge in [-0.15, -0.1) is 0 Å². The van der Waals surface area contributed by atoms with E-state index < -0.39 is 5.60 Å². The lowest BCUT2D eigenvalue weighted by Crippen LogP contribution is -2.54. The number of nitrogens with zero attached hydrogens (tertiary/aromatic N) is 2. The summed E-state index contributed by atoms with van der Waals surface area (Å²) in [6, 6.07) is 0.00815. The highest BCUT2D eigenvalue weighted by Crippen LogP contribution is 2.14. The van der Waals surface area contributed by atoms with Crippen molar-refractivity contribution in [1.29, 1.82) is 0 Å². The summed E-state index contributed by atoms with van der Waals surface area (Å²) in [5.41, 5.74) is -0.474. The minimum atomic E-state index is -0.474. The fourth-order valence-electron chi connectivity index (χ4n) is 1.67. The second-order valence-electron chi connectivity index (χ2n) is 5.12. The van der Waals surface area contributed by atoms with Crippen LogP contribution in [0.1, 0.15) is 27.7 Å². The van der Waals surface area contributed by atoms with E-state index in [1.807, 2.05) is 27.7 Å². The van der Waals surface area contributed by atoms with E-state index in [9.17, 15) is 9.59 Å². The largest absolute Gasteiger partial charge is 0.444 e. The van der Waals surface area contributed by atoms with E-state index in [0.717, 1.165) is 6.41 Å². The van der Waals surface area contributed by atoms with Gasteiger partial charge in [0.15, 0.2) is 0 Å². The second-order valence-corrected chi connectivity index (χ2v) is 5.12. The first-order valence-electron chi connectivity index (χ1n) is 5.52. The Bertz CT molecular complexity index is 273. The molecule has 1 saturated heterocycles. The highest BCUT2D eigenvalue weighted by atomic mass is 16.6. The lowest BCUT2D eigenvalue weighted by Gasteiger charge is -2.38. The van der Waals surface area contributed by atoms with Gasteiger partial charge in [0.05, 0.1) is 0 Å². The average Bonchev–Trinajstić information content (AvgIpc) is 2.14. The van der Waals surface area contributed by atoms with Crippen LogP contribution in [0.4, 0.5) is 4.79 Å². The third kappa shape index (κ3) is 3.40. The molecule has 92 valence electrons. The number of rotatable bonds is 1. The summed E-state index contributed by atoms with van der Waals surface area (Å²) in [5, 5.41) is 0. The Morgan fingerprint density at radius 2 is 2.00 bits per heavy atom. The normalized spacial score (nSPS) is 21.9. The van der Waals surface area contributed by atoms with Gasteiger partial charge in [-0.05, 0) is 27.7 Å². The van der Waals surface area contributed by atoms with Gasteiger partial charge in [0.1, 0.15) is 5.60 Å². The van der Waals surface area contributed by atoms with E-state index in [1.54, 1.807) is 9.80 Å². The number of amides is 2. The Labute approximate surface area is 96.3 Å². The average molecular weight is 228 g/mol. The molecule has 1 aliphatic rings. The van der Waals surface area contributed by atoms with Gasteiger partial charge in [-0.2, -0.15) is 0 Å². The topological polar surface area (TPSA) is 49.9 Å². The van der Waals surface area contributed by atoms with Gasteiger partial charge >= 0.3 is 6.09 Å². The zero-order valence-electron chi connectivity index (χ0n) is 10.4. The Hall–Kier alpha value is -1.26. The molecule has 5 nitrogen and oxygen atoms in total. The molecule has 0 aliphatic carbocycles. The van der Waals surface area contributed by atoms with Crippen LogP contribution < -0.4 is 0 Å². The molecule has 2 amide bonds. The van der Waals surface area contributed by atoms with Crippen molar-refractivity contribution in [3.63, 3.8) is 0 Å². The molecule has 5 heteroatoms. The highest BCUT2D eigenvalue weighted by Gasteiger charge is 2.30. The summed E-state index contributed by atoms with van der Waals surface area (Å²) >= 11 is 0. The Morgan fingerprint density at radius 3 is 2.44 bits per heavy atom. The molecular formula is C11H20N2O3. The van der Waals surface area contributed by atoms with E-state index in [-0.39, 0.29) is 12.1 Å². The summed E-state index contributed by atoms with van der Waals surface area (Å²) in [6.07, 6.45) is 0.522. The van der Waals surface area contributed by atoms with Crippen LogP contribution in [-0.4, -0.2) is 53.6 Å². The quantitative estimate of drug-likeness (QED) is 0.631. The van der Waals surface area contributed by atoms with Gasteiger partial charge in [-0.3, -0.25) is 4.79 Å². The van der Waals surface area contributed by atoms with E-state index in [0.29, 0.717) is 19.6 Å². The molecule has 1 heterocycles. The fraction of sp³-hybridized carbons (Fsp3) is 0.818. The standard InChI is InChI=1S/C11H20N2O3/c1-9-7-12(8-14)5-6-13(9)10(15)16-11(2,3)4/h8-9H,5-7H2,1-4H3/t9-/m0/s1. The molecule has 0 radical (unpaired) electrons. The van der Waals surface area contributed by atoms with Gasteiger partial charge in [-0.25, -0.2) is 4.79 Å². The van der Waals surface area contributed by atoms with E-state index in [1.165, 1.54) is 0 Å². The van der Waals surface area contributed by atoms with Crippen molar-refractivity contribution < 1.29 is 14.3 Å². The third-order valence-corrected chi connectivity index (χ3v) is 2.44. The van der Waals surface area contributed by atoms with E-state index in [4.69, 9.17) is 4.74 Å². The predicted octanol–water partition coefficient (Wildman–Crippen LogP) is 1.08. The van der Waals surface area contributed by atoms with Crippen molar-refractivity contribution in [3.8, 4) is 0 Å². The molecule has 0 saturated carbocycles. The van der Waals surface area contributed by atoms with Gasteiger partial charge in [-0.1, -0.05) is 0 Å². The summed E-state index contributed by atoms with van der Waals surface area (Å²) in [4.78, 5) is 25.8. The maximum Gasteiger partial charge on any atom is 0.410 e. The van der Waals surface area contributed by atoms with Crippen LogP contribution in [0.2, 0.25) is 0 Å². The van der Waals surface area contributed by atoms with Gasteiger partial charge in [0.2, 0.25) is 6.41 Å². The van der Waals surface area contributed by atoms with E-state index >= 15 is 0 Å². The maximum absolute atomic E-state index is 11.8. The molecular weight excluding hydrogens is 208 g/mol. The number of hydrogen-bond donors (Lipinski definition) is 0. The van der Waals surface area contributed by atoms with Crippen LogP contribution in [0, 0.1) is 0 Å². The first-order valence-corrected chi connectivity index (χ1v) is 5.52. The van der Waals surface area contributed by atoms with Crippen LogP contribution in [0.5, 0.6) is 0 Å². The smallest absolute Gasteiger partial charge is 0.410 e. The van der Waals surface area contributed by atoms with E-state index in [2.05, 4.69) is 0 Å². The number of ether oxygens (including phenoxy) is 1. The highest BCUT2D eigenvalue weighted by molar-refractivity contribution is 5.69. The molecule has 1 atom stereocenters. The molecule has 0 aromatic rings. The lowest BCUT2D eigenvalue weighted by atomic mass is 10.2. The Morgan fingerprint density at radius 1 is 1.38 bits per heavy atom. The molecule has 0 N–H and O–H groups in total. The summed E-state index contributed by atoms with van der Waals surface area (Å²) in [5.74, 6) is 0. The second kappa shape index (κ2) is 4.72. The van der Waals surface area contributed by atoms with Crippen molar-refractivity contribution in [2.45, 2.75) is 39.3 Å². The number of hydrogen-bond acceptors (Lipinski definition) is 3. The zero-order valence-corrected chi connectivity index (χ0v) is 10.4. The van der Waals surface area contributed by atoms with Crippen molar-refractivity contribution in [1.82, 2.24) is 9.80 Å². The fourth-order valence-corrected chi connectivity index (χ4v) is 1.67.